The van der Waals surface area contributed by atoms with Gasteiger partial charge >= 0.3 is 0 Å². The lowest BCUT2D eigenvalue weighted by Crippen LogP contribution is -2.61. The predicted molar refractivity (Wildman–Crippen MR) is 79.0 cm³/mol. The zero-order valence-corrected chi connectivity index (χ0v) is 12.7. The summed E-state index contributed by atoms with van der Waals surface area (Å²) in [5.74, 6) is 0. The van der Waals surface area contributed by atoms with Crippen molar-refractivity contribution in [2.75, 3.05) is 19.6 Å². The van der Waals surface area contributed by atoms with Gasteiger partial charge in [-0.25, -0.2) is 0 Å². The van der Waals surface area contributed by atoms with Gasteiger partial charge in [0.1, 0.15) is 0 Å². The van der Waals surface area contributed by atoms with Crippen LogP contribution in [-0.4, -0.2) is 47.6 Å². The van der Waals surface area contributed by atoms with Gasteiger partial charge in [-0.05, 0) is 38.6 Å². The van der Waals surface area contributed by atoms with Crippen LogP contribution in [0.4, 0.5) is 0 Å². The van der Waals surface area contributed by atoms with Crippen molar-refractivity contribution in [3.05, 3.63) is 0 Å². The molecule has 0 radical (unpaired) electrons. The zero-order chi connectivity index (χ0) is 13.0. The van der Waals surface area contributed by atoms with Gasteiger partial charge in [0.15, 0.2) is 0 Å². The average molecular weight is 252 g/mol. The van der Waals surface area contributed by atoms with Crippen molar-refractivity contribution in [1.82, 2.24) is 9.80 Å². The molecule has 18 heavy (non-hydrogen) atoms. The van der Waals surface area contributed by atoms with Crippen LogP contribution in [0.25, 0.3) is 0 Å². The van der Waals surface area contributed by atoms with E-state index in [0.29, 0.717) is 0 Å². The summed E-state index contributed by atoms with van der Waals surface area (Å²) in [5.41, 5.74) is 0. The standard InChI is InChI=1S/C16H32N2/c1-4-9-14(5-2)18-13-16-10-7-8-11-17(16)12-15(18)6-3/h14-16H,4-13H2,1-3H3. The second-order valence-electron chi connectivity index (χ2n) is 6.25. The van der Waals surface area contributed by atoms with Gasteiger partial charge < -0.3 is 0 Å². The number of rotatable bonds is 5. The third kappa shape index (κ3) is 3.08. The first kappa shape index (κ1) is 14.3. The molecule has 0 N–H and O–H groups in total. The molecular formula is C16H32N2. The van der Waals surface area contributed by atoms with E-state index in [-0.39, 0.29) is 0 Å². The highest BCUT2D eigenvalue weighted by Crippen LogP contribution is 2.28. The summed E-state index contributed by atoms with van der Waals surface area (Å²) in [6, 6.07) is 2.52. The summed E-state index contributed by atoms with van der Waals surface area (Å²) < 4.78 is 0. The Morgan fingerprint density at radius 1 is 1.11 bits per heavy atom. The van der Waals surface area contributed by atoms with Gasteiger partial charge in [-0.1, -0.05) is 33.6 Å². The predicted octanol–water partition coefficient (Wildman–Crippen LogP) is 3.51. The highest BCUT2D eigenvalue weighted by molar-refractivity contribution is 4.92. The fourth-order valence-electron chi connectivity index (χ4n) is 4.02. The van der Waals surface area contributed by atoms with Crippen molar-refractivity contribution in [2.24, 2.45) is 0 Å². The van der Waals surface area contributed by atoms with E-state index >= 15 is 0 Å². The minimum Gasteiger partial charge on any atom is -0.298 e. The number of hydrogen-bond donors (Lipinski definition) is 0. The molecular weight excluding hydrogens is 220 g/mol. The van der Waals surface area contributed by atoms with E-state index in [4.69, 9.17) is 0 Å². The van der Waals surface area contributed by atoms with Crippen LogP contribution in [0.15, 0.2) is 0 Å². The van der Waals surface area contributed by atoms with Crippen LogP contribution >= 0.6 is 0 Å². The smallest absolute Gasteiger partial charge is 0.0224 e. The van der Waals surface area contributed by atoms with Crippen LogP contribution in [-0.2, 0) is 0 Å². The minimum atomic E-state index is 0.816. The van der Waals surface area contributed by atoms with E-state index in [0.717, 1.165) is 18.1 Å². The Kier molecular flexibility index (Phi) is 5.50. The maximum atomic E-state index is 2.87. The van der Waals surface area contributed by atoms with Crippen molar-refractivity contribution in [2.45, 2.75) is 83.8 Å². The zero-order valence-electron chi connectivity index (χ0n) is 12.7. The van der Waals surface area contributed by atoms with Gasteiger partial charge in [0.05, 0.1) is 0 Å². The van der Waals surface area contributed by atoms with E-state index in [9.17, 15) is 0 Å². The Morgan fingerprint density at radius 2 is 1.94 bits per heavy atom. The monoisotopic (exact) mass is 252 g/mol. The van der Waals surface area contributed by atoms with E-state index < -0.39 is 0 Å². The number of nitrogens with zero attached hydrogens (tertiary/aromatic N) is 2. The molecule has 2 heterocycles. The number of piperazine rings is 1. The summed E-state index contributed by atoms with van der Waals surface area (Å²) >= 11 is 0. The summed E-state index contributed by atoms with van der Waals surface area (Å²) in [4.78, 5) is 5.66. The molecule has 0 aliphatic carbocycles. The van der Waals surface area contributed by atoms with Crippen molar-refractivity contribution in [3.63, 3.8) is 0 Å². The molecule has 2 rings (SSSR count). The highest BCUT2D eigenvalue weighted by Gasteiger charge is 2.36. The van der Waals surface area contributed by atoms with Gasteiger partial charge in [0.25, 0.3) is 0 Å². The first-order chi connectivity index (χ1) is 8.80. The molecule has 0 amide bonds. The van der Waals surface area contributed by atoms with Crippen LogP contribution in [0, 0.1) is 0 Å². The summed E-state index contributed by atoms with van der Waals surface area (Å²) in [5, 5.41) is 0. The topological polar surface area (TPSA) is 6.48 Å². The van der Waals surface area contributed by atoms with E-state index in [1.807, 2.05) is 0 Å². The van der Waals surface area contributed by atoms with Gasteiger partial charge in [-0.3, -0.25) is 9.80 Å². The Balaban J connectivity index is 2.02. The Labute approximate surface area is 114 Å². The first-order valence-corrected chi connectivity index (χ1v) is 8.29. The molecule has 0 spiro atoms. The Hall–Kier alpha value is -0.0800. The number of piperidine rings is 1. The fraction of sp³-hybridized carbons (Fsp3) is 1.00. The quantitative estimate of drug-likeness (QED) is 0.739. The van der Waals surface area contributed by atoms with Crippen LogP contribution in [0.3, 0.4) is 0 Å². The van der Waals surface area contributed by atoms with Gasteiger partial charge in [-0.15, -0.1) is 0 Å². The van der Waals surface area contributed by atoms with Crippen LogP contribution in [0.2, 0.25) is 0 Å². The van der Waals surface area contributed by atoms with Crippen LogP contribution in [0.5, 0.6) is 0 Å². The normalized spacial score (nSPS) is 32.2. The Morgan fingerprint density at radius 3 is 2.61 bits per heavy atom. The summed E-state index contributed by atoms with van der Waals surface area (Å²) in [7, 11) is 0. The van der Waals surface area contributed by atoms with Gasteiger partial charge in [-0.2, -0.15) is 0 Å². The van der Waals surface area contributed by atoms with Crippen molar-refractivity contribution in [1.29, 1.82) is 0 Å². The Bertz CT molecular complexity index is 241. The van der Waals surface area contributed by atoms with E-state index in [1.165, 1.54) is 64.6 Å². The molecule has 2 fully saturated rings. The third-order valence-corrected chi connectivity index (χ3v) is 5.12. The highest BCUT2D eigenvalue weighted by atomic mass is 15.3. The number of hydrogen-bond acceptors (Lipinski definition) is 2. The fourth-order valence-corrected chi connectivity index (χ4v) is 4.02. The molecule has 2 heteroatoms. The molecule has 2 nitrogen and oxygen atoms in total. The lowest BCUT2D eigenvalue weighted by Gasteiger charge is -2.51. The SMILES string of the molecule is CCCC(CC)N1CC2CCCCN2CC1CC. The van der Waals surface area contributed by atoms with Crippen molar-refractivity contribution in [3.8, 4) is 0 Å². The number of fused-ring (bicyclic) bond motifs is 1. The molecule has 0 aromatic heterocycles. The summed E-state index contributed by atoms with van der Waals surface area (Å²) in [6.07, 6.45) is 9.70. The van der Waals surface area contributed by atoms with E-state index in [2.05, 4.69) is 30.6 Å². The molecule has 3 unspecified atom stereocenters. The lowest BCUT2D eigenvalue weighted by atomic mass is 9.93. The van der Waals surface area contributed by atoms with E-state index in [1.54, 1.807) is 0 Å². The molecule has 0 aromatic rings. The molecule has 3 atom stereocenters. The average Bonchev–Trinajstić information content (AvgIpc) is 2.43. The molecule has 0 aromatic carbocycles. The van der Waals surface area contributed by atoms with Crippen LogP contribution in [0.1, 0.15) is 65.7 Å². The molecule has 106 valence electrons. The van der Waals surface area contributed by atoms with Gasteiger partial charge in [0.2, 0.25) is 0 Å². The summed E-state index contributed by atoms with van der Waals surface area (Å²) in [6.45, 7) is 11.1. The second-order valence-corrected chi connectivity index (χ2v) is 6.25. The first-order valence-electron chi connectivity index (χ1n) is 8.29. The second kappa shape index (κ2) is 6.91. The van der Waals surface area contributed by atoms with Crippen molar-refractivity contribution >= 4 is 0 Å². The van der Waals surface area contributed by atoms with Gasteiger partial charge in [0, 0.05) is 31.2 Å². The molecule has 2 aliphatic heterocycles. The largest absolute Gasteiger partial charge is 0.298 e. The third-order valence-electron chi connectivity index (χ3n) is 5.12. The molecule has 2 aliphatic rings. The maximum absolute atomic E-state index is 2.87. The maximum Gasteiger partial charge on any atom is 0.0224 e. The molecule has 2 saturated heterocycles. The lowest BCUT2D eigenvalue weighted by molar-refractivity contribution is -0.0182. The molecule has 0 saturated carbocycles. The van der Waals surface area contributed by atoms with Crippen LogP contribution < -0.4 is 0 Å². The minimum absolute atomic E-state index is 0.816. The molecule has 0 bridgehead atoms. The van der Waals surface area contributed by atoms with Crippen molar-refractivity contribution < 1.29 is 0 Å².